The van der Waals surface area contributed by atoms with Crippen molar-refractivity contribution >= 4 is 0 Å². The van der Waals surface area contributed by atoms with Gasteiger partial charge in [-0.3, -0.25) is 0 Å². The molecule has 2 heterocycles. The van der Waals surface area contributed by atoms with E-state index in [2.05, 4.69) is 22.4 Å². The Hall–Kier alpha value is -2.08. The molecule has 2 aromatic rings. The summed E-state index contributed by atoms with van der Waals surface area (Å²) < 4.78 is 16.0. The van der Waals surface area contributed by atoms with Crippen LogP contribution in [0.3, 0.4) is 0 Å². The van der Waals surface area contributed by atoms with E-state index in [1.807, 2.05) is 18.2 Å². The van der Waals surface area contributed by atoms with Crippen molar-refractivity contribution in [1.82, 2.24) is 15.5 Å². The van der Waals surface area contributed by atoms with E-state index in [1.54, 1.807) is 14.2 Å². The van der Waals surface area contributed by atoms with Crippen molar-refractivity contribution in [2.45, 2.75) is 12.8 Å². The fraction of sp³-hybridized carbons (Fsp3) is 0.467. The molecule has 112 valence electrons. The van der Waals surface area contributed by atoms with Gasteiger partial charge in [-0.05, 0) is 30.7 Å². The lowest BCUT2D eigenvalue weighted by atomic mass is 9.98. The first-order valence-corrected chi connectivity index (χ1v) is 6.99. The van der Waals surface area contributed by atoms with E-state index in [0.29, 0.717) is 29.1 Å². The third-order valence-electron chi connectivity index (χ3n) is 3.92. The molecule has 1 aliphatic rings. The van der Waals surface area contributed by atoms with Crippen molar-refractivity contribution in [2.24, 2.45) is 5.92 Å². The minimum absolute atomic E-state index is 0.284. The first kappa shape index (κ1) is 13.9. The van der Waals surface area contributed by atoms with Crippen LogP contribution in [0.5, 0.6) is 11.5 Å². The van der Waals surface area contributed by atoms with Crippen molar-refractivity contribution < 1.29 is 14.0 Å². The molecule has 1 aliphatic heterocycles. The van der Waals surface area contributed by atoms with Gasteiger partial charge >= 0.3 is 0 Å². The molecule has 0 amide bonds. The zero-order valence-corrected chi connectivity index (χ0v) is 12.4. The second kappa shape index (κ2) is 5.73. The van der Waals surface area contributed by atoms with E-state index in [0.717, 1.165) is 18.7 Å². The highest BCUT2D eigenvalue weighted by Gasteiger charge is 2.29. The molecule has 1 N–H and O–H groups in total. The third kappa shape index (κ3) is 2.58. The molecule has 1 aromatic heterocycles. The summed E-state index contributed by atoms with van der Waals surface area (Å²) in [6.07, 6.45) is 0. The zero-order chi connectivity index (χ0) is 14.8. The molecule has 0 saturated carbocycles. The fourth-order valence-corrected chi connectivity index (χ4v) is 2.62. The number of nitrogens with zero attached hydrogens (tertiary/aromatic N) is 2. The van der Waals surface area contributed by atoms with Crippen molar-refractivity contribution in [2.75, 3.05) is 27.3 Å². The molecular weight excluding hydrogens is 270 g/mol. The van der Waals surface area contributed by atoms with E-state index < -0.39 is 0 Å². The van der Waals surface area contributed by atoms with Gasteiger partial charge in [-0.15, -0.1) is 0 Å². The van der Waals surface area contributed by atoms with Crippen LogP contribution in [0.4, 0.5) is 0 Å². The molecule has 6 heteroatoms. The maximum absolute atomic E-state index is 5.43. The zero-order valence-electron chi connectivity index (χ0n) is 12.4. The fourth-order valence-electron chi connectivity index (χ4n) is 2.62. The maximum Gasteiger partial charge on any atom is 0.231 e. The Morgan fingerprint density at radius 1 is 1.19 bits per heavy atom. The smallest absolute Gasteiger partial charge is 0.231 e. The van der Waals surface area contributed by atoms with E-state index in [9.17, 15) is 0 Å². The molecule has 0 unspecified atom stereocenters. The molecule has 0 aliphatic carbocycles. The summed E-state index contributed by atoms with van der Waals surface area (Å²) in [5.41, 5.74) is 0.848. The number of aromatic nitrogens is 2. The number of hydrogen-bond donors (Lipinski definition) is 1. The Balaban J connectivity index is 1.89. The van der Waals surface area contributed by atoms with Crippen LogP contribution in [0.2, 0.25) is 0 Å². The van der Waals surface area contributed by atoms with Gasteiger partial charge in [-0.1, -0.05) is 12.1 Å². The molecule has 1 aromatic carbocycles. The summed E-state index contributed by atoms with van der Waals surface area (Å²) in [5, 5.41) is 7.42. The molecule has 3 rings (SSSR count). The highest BCUT2D eigenvalue weighted by molar-refractivity contribution is 5.60. The second-order valence-corrected chi connectivity index (χ2v) is 5.27. The molecule has 6 nitrogen and oxygen atoms in total. The number of hydrogen-bond acceptors (Lipinski definition) is 6. The molecule has 0 bridgehead atoms. The number of nitrogens with one attached hydrogen (secondary N) is 1. The highest BCUT2D eigenvalue weighted by Crippen LogP contribution is 2.32. The summed E-state index contributed by atoms with van der Waals surface area (Å²) >= 11 is 0. The molecule has 1 fully saturated rings. The first-order valence-electron chi connectivity index (χ1n) is 6.99. The van der Waals surface area contributed by atoms with Gasteiger partial charge in [0.2, 0.25) is 11.7 Å². The van der Waals surface area contributed by atoms with E-state index in [4.69, 9.17) is 14.0 Å². The monoisotopic (exact) mass is 289 g/mol. The normalized spacial score (nSPS) is 21.5. The predicted octanol–water partition coefficient (Wildman–Crippen LogP) is 2.08. The van der Waals surface area contributed by atoms with Crippen molar-refractivity contribution in [1.29, 1.82) is 0 Å². The van der Waals surface area contributed by atoms with Gasteiger partial charge in [0.25, 0.3) is 0 Å². The average Bonchev–Trinajstić information content (AvgIpc) is 3.15. The maximum atomic E-state index is 5.43. The predicted molar refractivity (Wildman–Crippen MR) is 77.6 cm³/mol. The SMILES string of the molecule is COc1ccc(-c2noc([C@@H]3CNC[C@H]3C)n2)cc1OC. The van der Waals surface area contributed by atoms with Crippen LogP contribution in [0, 0.1) is 5.92 Å². The molecular formula is C15H19N3O3. The standard InChI is InChI=1S/C15H19N3O3/c1-9-7-16-8-11(9)15-17-14(18-21-15)10-4-5-12(19-2)13(6-10)20-3/h4-6,9,11,16H,7-8H2,1-3H3/t9-,11-/m1/s1. The van der Waals surface area contributed by atoms with Crippen LogP contribution in [0.1, 0.15) is 18.7 Å². The Morgan fingerprint density at radius 3 is 2.67 bits per heavy atom. The third-order valence-corrected chi connectivity index (χ3v) is 3.92. The Kier molecular flexibility index (Phi) is 3.79. The minimum Gasteiger partial charge on any atom is -0.493 e. The molecule has 2 atom stereocenters. The largest absolute Gasteiger partial charge is 0.493 e. The van der Waals surface area contributed by atoms with Gasteiger partial charge in [0.05, 0.1) is 20.1 Å². The number of ether oxygens (including phenoxy) is 2. The lowest BCUT2D eigenvalue weighted by molar-refractivity contribution is 0.340. The highest BCUT2D eigenvalue weighted by atomic mass is 16.5. The molecule has 1 saturated heterocycles. The van der Waals surface area contributed by atoms with Crippen LogP contribution in [0.15, 0.2) is 22.7 Å². The van der Waals surface area contributed by atoms with Crippen molar-refractivity contribution in [3.63, 3.8) is 0 Å². The van der Waals surface area contributed by atoms with E-state index in [1.165, 1.54) is 0 Å². The molecule has 0 spiro atoms. The van der Waals surface area contributed by atoms with E-state index >= 15 is 0 Å². The summed E-state index contributed by atoms with van der Waals surface area (Å²) in [4.78, 5) is 4.53. The number of rotatable bonds is 4. The topological polar surface area (TPSA) is 69.4 Å². The average molecular weight is 289 g/mol. The van der Waals surface area contributed by atoms with Crippen LogP contribution >= 0.6 is 0 Å². The van der Waals surface area contributed by atoms with Crippen molar-refractivity contribution in [3.05, 3.63) is 24.1 Å². The van der Waals surface area contributed by atoms with Gasteiger partial charge in [0, 0.05) is 12.1 Å². The first-order chi connectivity index (χ1) is 10.2. The van der Waals surface area contributed by atoms with Crippen LogP contribution in [-0.2, 0) is 0 Å². The Labute approximate surface area is 123 Å². The van der Waals surface area contributed by atoms with Crippen molar-refractivity contribution in [3.8, 4) is 22.9 Å². The van der Waals surface area contributed by atoms with E-state index in [-0.39, 0.29) is 5.92 Å². The van der Waals surface area contributed by atoms with Gasteiger partial charge in [0.1, 0.15) is 0 Å². The quantitative estimate of drug-likeness (QED) is 0.929. The molecule has 0 radical (unpaired) electrons. The Morgan fingerprint density at radius 2 is 2.00 bits per heavy atom. The van der Waals surface area contributed by atoms with Gasteiger partial charge in [-0.2, -0.15) is 4.98 Å². The summed E-state index contributed by atoms with van der Waals surface area (Å²) in [5.74, 6) is 3.38. The summed E-state index contributed by atoms with van der Waals surface area (Å²) in [6, 6.07) is 5.58. The minimum atomic E-state index is 0.284. The summed E-state index contributed by atoms with van der Waals surface area (Å²) in [6.45, 7) is 4.05. The number of methoxy groups -OCH3 is 2. The van der Waals surface area contributed by atoms with Crippen LogP contribution < -0.4 is 14.8 Å². The van der Waals surface area contributed by atoms with Gasteiger partial charge in [-0.25, -0.2) is 0 Å². The van der Waals surface area contributed by atoms with Gasteiger partial charge < -0.3 is 19.3 Å². The Bertz CT molecular complexity index is 626. The summed E-state index contributed by atoms with van der Waals surface area (Å²) in [7, 11) is 3.22. The number of benzene rings is 1. The van der Waals surface area contributed by atoms with Crippen LogP contribution in [-0.4, -0.2) is 37.4 Å². The van der Waals surface area contributed by atoms with Gasteiger partial charge in [0.15, 0.2) is 11.5 Å². The lowest BCUT2D eigenvalue weighted by Crippen LogP contribution is -2.08. The molecule has 21 heavy (non-hydrogen) atoms. The lowest BCUT2D eigenvalue weighted by Gasteiger charge is -2.08. The second-order valence-electron chi connectivity index (χ2n) is 5.27. The van der Waals surface area contributed by atoms with Crippen LogP contribution in [0.25, 0.3) is 11.4 Å².